The van der Waals surface area contributed by atoms with Crippen molar-refractivity contribution in [2.24, 2.45) is 11.0 Å². The number of rotatable bonds is 1. The molecule has 5 nitrogen and oxygen atoms in total. The smallest absolute Gasteiger partial charge is 0.258 e. The number of aromatic nitrogens is 2. The van der Waals surface area contributed by atoms with Crippen LogP contribution in [0.5, 0.6) is 0 Å². The average molecular weight is 220 g/mol. The van der Waals surface area contributed by atoms with Gasteiger partial charge in [0.2, 0.25) is 0 Å². The average Bonchev–Trinajstić information content (AvgIpc) is 2.83. The third-order valence-corrected chi connectivity index (χ3v) is 3.51. The topological polar surface area (TPSA) is 58.5 Å². The van der Waals surface area contributed by atoms with Crippen molar-refractivity contribution in [1.29, 1.82) is 0 Å². The van der Waals surface area contributed by atoms with Crippen LogP contribution in [-0.2, 0) is 4.79 Å². The molecule has 1 amide bonds. The van der Waals surface area contributed by atoms with E-state index in [2.05, 4.69) is 15.1 Å². The monoisotopic (exact) mass is 220 g/mol. The summed E-state index contributed by atoms with van der Waals surface area (Å²) in [6.45, 7) is 0. The first-order valence-corrected chi connectivity index (χ1v) is 5.77. The van der Waals surface area contributed by atoms with Gasteiger partial charge >= 0.3 is 0 Å². The lowest BCUT2D eigenvalue weighted by Crippen LogP contribution is -2.27. The van der Waals surface area contributed by atoms with Gasteiger partial charge in [-0.25, -0.2) is 4.98 Å². The van der Waals surface area contributed by atoms with Gasteiger partial charge in [-0.3, -0.25) is 9.78 Å². The van der Waals surface area contributed by atoms with Gasteiger partial charge in [0.25, 0.3) is 5.91 Å². The molecule has 1 fully saturated rings. The molecule has 3 heterocycles. The van der Waals surface area contributed by atoms with Crippen LogP contribution in [0.25, 0.3) is 0 Å². The van der Waals surface area contributed by atoms with Crippen LogP contribution in [0.3, 0.4) is 0 Å². The summed E-state index contributed by atoms with van der Waals surface area (Å²) in [4.78, 5) is 19.9. The zero-order chi connectivity index (χ0) is 10.3. The van der Waals surface area contributed by atoms with E-state index < -0.39 is 0 Å². The second-order valence-electron chi connectivity index (χ2n) is 3.37. The fraction of sp³-hybridized carbons (Fsp3) is 0.333. The molecule has 1 saturated heterocycles. The first-order valence-electron chi connectivity index (χ1n) is 4.61. The quantitative estimate of drug-likeness (QED) is 0.693. The van der Waals surface area contributed by atoms with Gasteiger partial charge in [0, 0.05) is 23.9 Å². The predicted octanol–water partition coefficient (Wildman–Crippen LogP) is 0.542. The standard InChI is InChI=1S/C9H8N4OS/c14-9-6-4-15-5-7(6)12-13(9)8-3-10-1-2-11-8/h1-3,6H,4-5H2. The predicted molar refractivity (Wildman–Crippen MR) is 57.8 cm³/mol. The van der Waals surface area contributed by atoms with Gasteiger partial charge in [-0.2, -0.15) is 21.9 Å². The molecule has 0 aliphatic carbocycles. The number of amides is 1. The van der Waals surface area contributed by atoms with Crippen molar-refractivity contribution < 1.29 is 4.79 Å². The number of anilines is 1. The van der Waals surface area contributed by atoms with Crippen LogP contribution in [0.4, 0.5) is 5.82 Å². The maximum atomic E-state index is 11.9. The molecule has 2 aliphatic rings. The van der Waals surface area contributed by atoms with Crippen molar-refractivity contribution in [1.82, 2.24) is 9.97 Å². The van der Waals surface area contributed by atoms with E-state index >= 15 is 0 Å². The van der Waals surface area contributed by atoms with Crippen LogP contribution in [0.2, 0.25) is 0 Å². The number of thioether (sulfide) groups is 1. The molecule has 1 unspecified atom stereocenters. The molecular formula is C9H8N4OS. The zero-order valence-electron chi connectivity index (χ0n) is 7.83. The third-order valence-electron chi connectivity index (χ3n) is 2.44. The summed E-state index contributed by atoms with van der Waals surface area (Å²) >= 11 is 1.75. The summed E-state index contributed by atoms with van der Waals surface area (Å²) in [5, 5.41) is 5.65. The van der Waals surface area contributed by atoms with Gasteiger partial charge in [0.15, 0.2) is 5.82 Å². The van der Waals surface area contributed by atoms with Crippen molar-refractivity contribution >= 4 is 29.2 Å². The highest BCUT2D eigenvalue weighted by molar-refractivity contribution is 8.00. The SMILES string of the molecule is O=C1C2CSCC2=NN1c1cnccn1. The van der Waals surface area contributed by atoms with Crippen molar-refractivity contribution in [2.75, 3.05) is 16.5 Å². The molecule has 0 bridgehead atoms. The summed E-state index contributed by atoms with van der Waals surface area (Å²) < 4.78 is 0. The fourth-order valence-corrected chi connectivity index (χ4v) is 2.84. The second kappa shape index (κ2) is 3.30. The second-order valence-corrected chi connectivity index (χ2v) is 4.40. The number of fused-ring (bicyclic) bond motifs is 1. The molecule has 2 aliphatic heterocycles. The van der Waals surface area contributed by atoms with Crippen LogP contribution in [-0.4, -0.2) is 33.1 Å². The van der Waals surface area contributed by atoms with E-state index in [1.54, 1.807) is 30.4 Å². The molecule has 76 valence electrons. The van der Waals surface area contributed by atoms with Gasteiger partial charge in [0.05, 0.1) is 17.8 Å². The van der Waals surface area contributed by atoms with E-state index in [4.69, 9.17) is 0 Å². The summed E-state index contributed by atoms with van der Waals surface area (Å²) in [5.41, 5.74) is 0.968. The van der Waals surface area contributed by atoms with E-state index in [1.165, 1.54) is 5.01 Å². The van der Waals surface area contributed by atoms with Gasteiger partial charge < -0.3 is 0 Å². The molecule has 1 aromatic heterocycles. The number of carbonyl (C=O) groups is 1. The van der Waals surface area contributed by atoms with Crippen molar-refractivity contribution in [2.45, 2.75) is 0 Å². The highest BCUT2D eigenvalue weighted by atomic mass is 32.2. The van der Waals surface area contributed by atoms with E-state index in [0.717, 1.165) is 17.2 Å². The van der Waals surface area contributed by atoms with E-state index in [9.17, 15) is 4.79 Å². The summed E-state index contributed by atoms with van der Waals surface area (Å²) in [6, 6.07) is 0. The maximum Gasteiger partial charge on any atom is 0.258 e. The van der Waals surface area contributed by atoms with Gasteiger partial charge in [-0.1, -0.05) is 0 Å². The van der Waals surface area contributed by atoms with E-state index in [-0.39, 0.29) is 11.8 Å². The molecule has 0 saturated carbocycles. The molecule has 0 N–H and O–H groups in total. The Morgan fingerprint density at radius 3 is 3.13 bits per heavy atom. The Balaban J connectivity index is 1.97. The Hall–Kier alpha value is -1.43. The lowest BCUT2D eigenvalue weighted by atomic mass is 10.1. The Labute approximate surface area is 90.6 Å². The molecule has 3 rings (SSSR count). The number of hydrogen-bond acceptors (Lipinski definition) is 5. The van der Waals surface area contributed by atoms with Crippen molar-refractivity contribution in [3.05, 3.63) is 18.6 Å². The lowest BCUT2D eigenvalue weighted by Gasteiger charge is -2.11. The van der Waals surface area contributed by atoms with Crippen molar-refractivity contribution in [3.63, 3.8) is 0 Å². The summed E-state index contributed by atoms with van der Waals surface area (Å²) in [7, 11) is 0. The van der Waals surface area contributed by atoms with Gasteiger partial charge in [0.1, 0.15) is 0 Å². The minimum atomic E-state index is -0.0305. The fourth-order valence-electron chi connectivity index (χ4n) is 1.68. The highest BCUT2D eigenvalue weighted by Gasteiger charge is 2.40. The van der Waals surface area contributed by atoms with E-state index in [1.807, 2.05) is 0 Å². The van der Waals surface area contributed by atoms with Crippen LogP contribution in [0.15, 0.2) is 23.7 Å². The van der Waals surface area contributed by atoms with Crippen LogP contribution >= 0.6 is 11.8 Å². The minimum Gasteiger partial charge on any atom is -0.272 e. The summed E-state index contributed by atoms with van der Waals surface area (Å²) in [5.74, 6) is 2.20. The molecule has 6 heteroatoms. The number of hydrogen-bond donors (Lipinski definition) is 0. The number of carbonyl (C=O) groups excluding carboxylic acids is 1. The third kappa shape index (κ3) is 1.32. The van der Waals surface area contributed by atoms with Crippen LogP contribution < -0.4 is 5.01 Å². The molecule has 15 heavy (non-hydrogen) atoms. The first kappa shape index (κ1) is 8.84. The lowest BCUT2D eigenvalue weighted by molar-refractivity contribution is -0.119. The van der Waals surface area contributed by atoms with Gasteiger partial charge in [-0.15, -0.1) is 0 Å². The first-order chi connectivity index (χ1) is 7.36. The molecule has 0 radical (unpaired) electrons. The van der Waals surface area contributed by atoms with Crippen LogP contribution in [0.1, 0.15) is 0 Å². The zero-order valence-corrected chi connectivity index (χ0v) is 8.65. The van der Waals surface area contributed by atoms with Gasteiger partial charge in [-0.05, 0) is 0 Å². The van der Waals surface area contributed by atoms with E-state index in [0.29, 0.717) is 5.82 Å². The molecule has 1 aromatic rings. The molecule has 0 aromatic carbocycles. The Kier molecular flexibility index (Phi) is 1.95. The van der Waals surface area contributed by atoms with Crippen LogP contribution in [0, 0.1) is 5.92 Å². The Morgan fingerprint density at radius 2 is 2.40 bits per heavy atom. The Morgan fingerprint density at radius 1 is 1.47 bits per heavy atom. The molecule has 0 spiro atoms. The Bertz CT molecular complexity index is 433. The molecule has 1 atom stereocenters. The minimum absolute atomic E-state index is 0.0236. The highest BCUT2D eigenvalue weighted by Crippen LogP contribution is 2.30. The maximum absolute atomic E-state index is 11.9. The summed E-state index contributed by atoms with van der Waals surface area (Å²) in [6.07, 6.45) is 4.69. The normalized spacial score (nSPS) is 24.3. The molecular weight excluding hydrogens is 212 g/mol. The largest absolute Gasteiger partial charge is 0.272 e. The van der Waals surface area contributed by atoms with Crippen molar-refractivity contribution in [3.8, 4) is 0 Å². The number of hydrazone groups is 1. The number of nitrogens with zero attached hydrogens (tertiary/aromatic N) is 4.